The lowest BCUT2D eigenvalue weighted by atomic mass is 10.1. The molecule has 0 amide bonds. The third-order valence-electron chi connectivity index (χ3n) is 3.14. The average Bonchev–Trinajstić information content (AvgIpc) is 2.43. The standard InChI is InChI=1S/C17H14FNO2/c1-10-6-13(9-19)7-11(2)17(10)21-16-5-4-14(12(3)20)8-15(16)18/h4-8H,1-3H3. The summed E-state index contributed by atoms with van der Waals surface area (Å²) in [6, 6.07) is 9.55. The van der Waals surface area contributed by atoms with Crippen molar-refractivity contribution >= 4 is 5.78 Å². The van der Waals surface area contributed by atoms with E-state index in [1.165, 1.54) is 19.1 Å². The zero-order valence-electron chi connectivity index (χ0n) is 12.0. The fourth-order valence-electron chi connectivity index (χ4n) is 2.09. The van der Waals surface area contributed by atoms with Gasteiger partial charge in [0.15, 0.2) is 17.3 Å². The van der Waals surface area contributed by atoms with Crippen molar-refractivity contribution in [1.82, 2.24) is 0 Å². The van der Waals surface area contributed by atoms with E-state index in [1.54, 1.807) is 26.0 Å². The first-order valence-corrected chi connectivity index (χ1v) is 6.42. The van der Waals surface area contributed by atoms with Gasteiger partial charge in [0.25, 0.3) is 0 Å². The van der Waals surface area contributed by atoms with Crippen LogP contribution in [0, 0.1) is 31.0 Å². The Morgan fingerprint density at radius 1 is 1.19 bits per heavy atom. The van der Waals surface area contributed by atoms with Crippen molar-refractivity contribution < 1.29 is 13.9 Å². The average molecular weight is 283 g/mol. The summed E-state index contributed by atoms with van der Waals surface area (Å²) < 4.78 is 19.6. The normalized spacial score (nSPS) is 10.0. The molecule has 2 aromatic rings. The number of ketones is 1. The highest BCUT2D eigenvalue weighted by molar-refractivity contribution is 5.94. The maximum Gasteiger partial charge on any atom is 0.166 e. The Morgan fingerprint density at radius 3 is 2.29 bits per heavy atom. The van der Waals surface area contributed by atoms with Gasteiger partial charge in [-0.3, -0.25) is 4.79 Å². The van der Waals surface area contributed by atoms with E-state index in [4.69, 9.17) is 10.00 Å². The first kappa shape index (κ1) is 14.7. The molecule has 2 rings (SSSR count). The van der Waals surface area contributed by atoms with E-state index < -0.39 is 5.82 Å². The van der Waals surface area contributed by atoms with Crippen molar-refractivity contribution in [3.05, 3.63) is 58.4 Å². The summed E-state index contributed by atoms with van der Waals surface area (Å²) in [5.41, 5.74) is 2.33. The van der Waals surface area contributed by atoms with Crippen molar-refractivity contribution in [3.63, 3.8) is 0 Å². The molecule has 0 aliphatic rings. The quantitative estimate of drug-likeness (QED) is 0.789. The number of hydrogen-bond acceptors (Lipinski definition) is 3. The fraction of sp³-hybridized carbons (Fsp3) is 0.176. The number of carbonyl (C=O) groups is 1. The summed E-state index contributed by atoms with van der Waals surface area (Å²) >= 11 is 0. The molecule has 2 aromatic carbocycles. The molecule has 106 valence electrons. The second-order valence-corrected chi connectivity index (χ2v) is 4.85. The molecule has 3 nitrogen and oxygen atoms in total. The minimum absolute atomic E-state index is 0.0518. The van der Waals surface area contributed by atoms with Crippen LogP contribution in [0.5, 0.6) is 11.5 Å². The first-order valence-electron chi connectivity index (χ1n) is 6.42. The van der Waals surface area contributed by atoms with Gasteiger partial charge in [0.05, 0.1) is 11.6 Å². The van der Waals surface area contributed by atoms with E-state index in [2.05, 4.69) is 6.07 Å². The van der Waals surface area contributed by atoms with Gasteiger partial charge in [-0.05, 0) is 62.2 Å². The zero-order valence-corrected chi connectivity index (χ0v) is 12.0. The van der Waals surface area contributed by atoms with Gasteiger partial charge in [0.2, 0.25) is 0 Å². The minimum Gasteiger partial charge on any atom is -0.454 e. The molecule has 0 spiro atoms. The van der Waals surface area contributed by atoms with Gasteiger partial charge >= 0.3 is 0 Å². The SMILES string of the molecule is CC(=O)c1ccc(Oc2c(C)cc(C#N)cc2C)c(F)c1. The molecule has 0 aliphatic carbocycles. The second-order valence-electron chi connectivity index (χ2n) is 4.85. The summed E-state index contributed by atoms with van der Waals surface area (Å²) in [5, 5.41) is 8.91. The Balaban J connectivity index is 2.39. The maximum atomic E-state index is 14.0. The fourth-order valence-corrected chi connectivity index (χ4v) is 2.09. The Morgan fingerprint density at radius 2 is 1.81 bits per heavy atom. The van der Waals surface area contributed by atoms with Crippen molar-refractivity contribution in [2.45, 2.75) is 20.8 Å². The van der Waals surface area contributed by atoms with E-state index >= 15 is 0 Å². The summed E-state index contributed by atoms with van der Waals surface area (Å²) in [7, 11) is 0. The van der Waals surface area contributed by atoms with E-state index in [-0.39, 0.29) is 11.5 Å². The minimum atomic E-state index is -0.592. The largest absolute Gasteiger partial charge is 0.454 e. The summed E-state index contributed by atoms with van der Waals surface area (Å²) in [6.45, 7) is 4.97. The topological polar surface area (TPSA) is 50.1 Å². The van der Waals surface area contributed by atoms with Gasteiger partial charge in [-0.2, -0.15) is 5.26 Å². The van der Waals surface area contributed by atoms with Crippen molar-refractivity contribution in [2.24, 2.45) is 0 Å². The highest BCUT2D eigenvalue weighted by atomic mass is 19.1. The molecule has 0 saturated carbocycles. The predicted octanol–water partition coefficient (Wildman–Crippen LogP) is 4.31. The van der Waals surface area contributed by atoms with E-state index in [0.717, 1.165) is 17.2 Å². The molecule has 0 bridgehead atoms. The monoisotopic (exact) mass is 283 g/mol. The van der Waals surface area contributed by atoms with E-state index in [9.17, 15) is 9.18 Å². The van der Waals surface area contributed by atoms with Crippen LogP contribution in [0.3, 0.4) is 0 Å². The Hall–Kier alpha value is -2.67. The molecule has 0 radical (unpaired) electrons. The summed E-state index contributed by atoms with van der Waals surface area (Å²) in [4.78, 5) is 11.2. The number of Topliss-reactive ketones (excluding diaryl/α,β-unsaturated/α-hetero) is 1. The number of benzene rings is 2. The zero-order chi connectivity index (χ0) is 15.6. The second kappa shape index (κ2) is 5.76. The highest BCUT2D eigenvalue weighted by Gasteiger charge is 2.12. The van der Waals surface area contributed by atoms with Gasteiger partial charge < -0.3 is 4.74 Å². The van der Waals surface area contributed by atoms with Gasteiger partial charge in [-0.25, -0.2) is 4.39 Å². The lowest BCUT2D eigenvalue weighted by Gasteiger charge is -2.13. The highest BCUT2D eigenvalue weighted by Crippen LogP contribution is 2.31. The summed E-state index contributed by atoms with van der Waals surface area (Å²) in [5.74, 6) is -0.226. The Kier molecular flexibility index (Phi) is 4.04. The van der Waals surface area contributed by atoms with Crippen LogP contribution in [-0.4, -0.2) is 5.78 Å². The lowest BCUT2D eigenvalue weighted by molar-refractivity contribution is 0.101. The third kappa shape index (κ3) is 3.09. The van der Waals surface area contributed by atoms with Crippen LogP contribution in [0.15, 0.2) is 30.3 Å². The van der Waals surface area contributed by atoms with Crippen LogP contribution in [0.1, 0.15) is 34.0 Å². The smallest absolute Gasteiger partial charge is 0.166 e. The van der Waals surface area contributed by atoms with Crippen molar-refractivity contribution in [3.8, 4) is 17.6 Å². The van der Waals surface area contributed by atoms with Crippen LogP contribution in [0.4, 0.5) is 4.39 Å². The molecular formula is C17H14FNO2. The van der Waals surface area contributed by atoms with Crippen LogP contribution in [-0.2, 0) is 0 Å². The van der Waals surface area contributed by atoms with Gasteiger partial charge in [0, 0.05) is 5.56 Å². The number of ether oxygens (including phenoxy) is 1. The number of halogens is 1. The molecule has 21 heavy (non-hydrogen) atoms. The molecule has 4 heteroatoms. The molecule has 0 unspecified atom stereocenters. The number of carbonyl (C=O) groups excluding carboxylic acids is 1. The van der Waals surface area contributed by atoms with E-state index in [1.807, 2.05) is 0 Å². The van der Waals surface area contributed by atoms with Gasteiger partial charge in [-0.15, -0.1) is 0 Å². The van der Waals surface area contributed by atoms with Gasteiger partial charge in [0.1, 0.15) is 5.75 Å². The third-order valence-corrected chi connectivity index (χ3v) is 3.14. The number of rotatable bonds is 3. The number of nitrogens with zero attached hydrogens (tertiary/aromatic N) is 1. The first-order chi connectivity index (χ1) is 9.92. The molecule has 0 fully saturated rings. The van der Waals surface area contributed by atoms with E-state index in [0.29, 0.717) is 16.9 Å². The lowest BCUT2D eigenvalue weighted by Crippen LogP contribution is -1.97. The molecule has 0 atom stereocenters. The van der Waals surface area contributed by atoms with Crippen LogP contribution < -0.4 is 4.74 Å². The molecule has 0 aromatic heterocycles. The Labute approximate surface area is 122 Å². The maximum absolute atomic E-state index is 14.0. The van der Waals surface area contributed by atoms with Gasteiger partial charge in [-0.1, -0.05) is 0 Å². The molecule has 0 N–H and O–H groups in total. The molecular weight excluding hydrogens is 269 g/mol. The predicted molar refractivity (Wildman–Crippen MR) is 77.1 cm³/mol. The van der Waals surface area contributed by atoms with Crippen LogP contribution >= 0.6 is 0 Å². The van der Waals surface area contributed by atoms with Crippen molar-refractivity contribution in [2.75, 3.05) is 0 Å². The van der Waals surface area contributed by atoms with Crippen LogP contribution in [0.25, 0.3) is 0 Å². The van der Waals surface area contributed by atoms with Crippen molar-refractivity contribution in [1.29, 1.82) is 5.26 Å². The summed E-state index contributed by atoms with van der Waals surface area (Å²) in [6.07, 6.45) is 0. The number of hydrogen-bond donors (Lipinski definition) is 0. The number of nitriles is 1. The van der Waals surface area contributed by atoms with Crippen LogP contribution in [0.2, 0.25) is 0 Å². The number of aryl methyl sites for hydroxylation is 2. The molecule has 0 heterocycles. The molecule has 0 saturated heterocycles. The molecule has 0 aliphatic heterocycles. The Bertz CT molecular complexity index is 737.